The van der Waals surface area contributed by atoms with Crippen molar-refractivity contribution in [3.8, 4) is 0 Å². The molecule has 0 saturated carbocycles. The molecular weight excluding hydrogens is 178 g/mol. The van der Waals surface area contributed by atoms with Gasteiger partial charge >= 0.3 is 0 Å². The molecule has 0 amide bonds. The smallest absolute Gasteiger partial charge is 0.125 e. The Labute approximate surface area is 84.4 Å². The molecule has 0 radical (unpaired) electrons. The van der Waals surface area contributed by atoms with E-state index in [4.69, 9.17) is 5.11 Å². The van der Waals surface area contributed by atoms with Crippen LogP contribution in [0.5, 0.6) is 0 Å². The molecular formula is C10H17N3O. The summed E-state index contributed by atoms with van der Waals surface area (Å²) in [6.07, 6.45) is 2.53. The Balaban J connectivity index is 2.37. The molecule has 4 nitrogen and oxygen atoms in total. The van der Waals surface area contributed by atoms with E-state index in [0.717, 1.165) is 24.5 Å². The van der Waals surface area contributed by atoms with Gasteiger partial charge in [-0.05, 0) is 26.3 Å². The highest BCUT2D eigenvalue weighted by atomic mass is 16.3. The van der Waals surface area contributed by atoms with E-state index < -0.39 is 0 Å². The summed E-state index contributed by atoms with van der Waals surface area (Å²) in [6, 6.07) is 2.21. The Morgan fingerprint density at radius 3 is 3.00 bits per heavy atom. The second kappa shape index (κ2) is 5.67. The maximum absolute atomic E-state index is 8.71. The molecule has 0 bridgehead atoms. The van der Waals surface area contributed by atoms with Crippen molar-refractivity contribution in [2.24, 2.45) is 0 Å². The van der Waals surface area contributed by atoms with Crippen molar-refractivity contribution in [1.82, 2.24) is 15.3 Å². The molecule has 2 N–H and O–H groups in total. The summed E-state index contributed by atoms with van der Waals surface area (Å²) in [7, 11) is 0. The summed E-state index contributed by atoms with van der Waals surface area (Å²) in [5.41, 5.74) is 0.988. The predicted molar refractivity (Wildman–Crippen MR) is 54.8 cm³/mol. The topological polar surface area (TPSA) is 58.0 Å². The average Bonchev–Trinajstić information content (AvgIpc) is 2.15. The summed E-state index contributed by atoms with van der Waals surface area (Å²) in [5.74, 6) is 0.791. The lowest BCUT2D eigenvalue weighted by molar-refractivity contribution is 0.268. The Kier molecular flexibility index (Phi) is 4.49. The first-order chi connectivity index (χ1) is 6.72. The molecule has 1 heterocycles. The van der Waals surface area contributed by atoms with E-state index in [1.54, 1.807) is 6.20 Å². The van der Waals surface area contributed by atoms with Crippen LogP contribution >= 0.6 is 0 Å². The molecule has 1 unspecified atom stereocenters. The second-order valence-electron chi connectivity index (χ2n) is 3.39. The fourth-order valence-corrected chi connectivity index (χ4v) is 1.18. The lowest BCUT2D eigenvalue weighted by Gasteiger charge is -2.11. The zero-order valence-electron chi connectivity index (χ0n) is 8.70. The lowest BCUT2D eigenvalue weighted by Crippen LogP contribution is -2.26. The zero-order valence-corrected chi connectivity index (χ0v) is 8.70. The van der Waals surface area contributed by atoms with Crippen LogP contribution in [0.1, 0.15) is 24.9 Å². The van der Waals surface area contributed by atoms with Crippen molar-refractivity contribution in [3.05, 3.63) is 23.8 Å². The normalized spacial score (nSPS) is 12.8. The first-order valence-electron chi connectivity index (χ1n) is 4.85. The van der Waals surface area contributed by atoms with Crippen molar-refractivity contribution in [2.75, 3.05) is 6.61 Å². The van der Waals surface area contributed by atoms with Gasteiger partial charge in [0.05, 0.1) is 5.69 Å². The van der Waals surface area contributed by atoms with E-state index in [1.165, 1.54) is 0 Å². The summed E-state index contributed by atoms with van der Waals surface area (Å²) in [5, 5.41) is 12.0. The third-order valence-electron chi connectivity index (χ3n) is 2.03. The number of aryl methyl sites for hydroxylation is 1. The van der Waals surface area contributed by atoms with Crippen molar-refractivity contribution in [3.63, 3.8) is 0 Å². The van der Waals surface area contributed by atoms with Gasteiger partial charge in [-0.2, -0.15) is 0 Å². The highest BCUT2D eigenvalue weighted by Gasteiger charge is 2.01. The molecule has 0 aliphatic rings. The zero-order chi connectivity index (χ0) is 10.4. The lowest BCUT2D eigenvalue weighted by atomic mass is 10.2. The number of aliphatic hydroxyl groups excluding tert-OH is 1. The monoisotopic (exact) mass is 195 g/mol. The molecule has 1 atom stereocenters. The molecule has 1 aromatic heterocycles. The number of aliphatic hydroxyl groups is 1. The molecule has 78 valence electrons. The number of hydrogen-bond acceptors (Lipinski definition) is 4. The van der Waals surface area contributed by atoms with Crippen LogP contribution in [0.3, 0.4) is 0 Å². The molecule has 14 heavy (non-hydrogen) atoms. The molecule has 0 aliphatic heterocycles. The van der Waals surface area contributed by atoms with E-state index in [9.17, 15) is 0 Å². The van der Waals surface area contributed by atoms with Gasteiger partial charge in [0.1, 0.15) is 5.82 Å². The highest BCUT2D eigenvalue weighted by Crippen LogP contribution is 1.96. The van der Waals surface area contributed by atoms with Gasteiger partial charge in [0.15, 0.2) is 0 Å². The van der Waals surface area contributed by atoms with Gasteiger partial charge < -0.3 is 10.4 Å². The number of nitrogens with zero attached hydrogens (tertiary/aromatic N) is 2. The first kappa shape index (κ1) is 11.1. The van der Waals surface area contributed by atoms with Crippen molar-refractivity contribution >= 4 is 0 Å². The van der Waals surface area contributed by atoms with Gasteiger partial charge in [0.2, 0.25) is 0 Å². The molecule has 0 fully saturated rings. The largest absolute Gasteiger partial charge is 0.396 e. The van der Waals surface area contributed by atoms with Crippen LogP contribution < -0.4 is 5.32 Å². The minimum atomic E-state index is 0.219. The Hall–Kier alpha value is -1.00. The standard InChI is InChI=1S/C10H17N3O/c1-8(4-6-14)12-7-10-3-5-11-9(2)13-10/h3,5,8,12,14H,4,6-7H2,1-2H3. The summed E-state index contributed by atoms with van der Waals surface area (Å²) in [4.78, 5) is 8.29. The van der Waals surface area contributed by atoms with Crippen LogP contribution in [0.15, 0.2) is 12.3 Å². The average molecular weight is 195 g/mol. The maximum atomic E-state index is 8.71. The third kappa shape index (κ3) is 3.81. The van der Waals surface area contributed by atoms with E-state index in [-0.39, 0.29) is 6.61 Å². The van der Waals surface area contributed by atoms with Gasteiger partial charge in [-0.1, -0.05) is 0 Å². The molecule has 0 spiro atoms. The number of rotatable bonds is 5. The van der Waals surface area contributed by atoms with E-state index in [1.807, 2.05) is 19.9 Å². The summed E-state index contributed by atoms with van der Waals surface area (Å²) >= 11 is 0. The van der Waals surface area contributed by atoms with Crippen LogP contribution in [-0.2, 0) is 6.54 Å². The SMILES string of the molecule is Cc1nccc(CNC(C)CCO)n1. The Bertz CT molecular complexity index is 278. The van der Waals surface area contributed by atoms with Crippen molar-refractivity contribution in [1.29, 1.82) is 0 Å². The van der Waals surface area contributed by atoms with Crippen LogP contribution in [0.25, 0.3) is 0 Å². The van der Waals surface area contributed by atoms with Gasteiger partial charge in [0, 0.05) is 25.4 Å². The van der Waals surface area contributed by atoms with Gasteiger partial charge in [-0.15, -0.1) is 0 Å². The van der Waals surface area contributed by atoms with Crippen LogP contribution in [0.4, 0.5) is 0 Å². The molecule has 4 heteroatoms. The van der Waals surface area contributed by atoms with E-state index in [0.29, 0.717) is 6.04 Å². The van der Waals surface area contributed by atoms with Crippen molar-refractivity contribution < 1.29 is 5.11 Å². The van der Waals surface area contributed by atoms with Gasteiger partial charge in [-0.3, -0.25) is 0 Å². The minimum absolute atomic E-state index is 0.219. The molecule has 0 aromatic carbocycles. The van der Waals surface area contributed by atoms with E-state index in [2.05, 4.69) is 15.3 Å². The Morgan fingerprint density at radius 1 is 1.57 bits per heavy atom. The second-order valence-corrected chi connectivity index (χ2v) is 3.39. The van der Waals surface area contributed by atoms with Crippen LogP contribution in [0, 0.1) is 6.92 Å². The fraction of sp³-hybridized carbons (Fsp3) is 0.600. The summed E-state index contributed by atoms with van der Waals surface area (Å²) < 4.78 is 0. The number of aromatic nitrogens is 2. The fourth-order valence-electron chi connectivity index (χ4n) is 1.18. The minimum Gasteiger partial charge on any atom is -0.396 e. The highest BCUT2D eigenvalue weighted by molar-refractivity contribution is 5.01. The quantitative estimate of drug-likeness (QED) is 0.724. The Morgan fingerprint density at radius 2 is 2.36 bits per heavy atom. The predicted octanol–water partition coefficient (Wildman–Crippen LogP) is 0.646. The number of hydrogen-bond donors (Lipinski definition) is 2. The van der Waals surface area contributed by atoms with Gasteiger partial charge in [-0.25, -0.2) is 9.97 Å². The molecule has 1 rings (SSSR count). The maximum Gasteiger partial charge on any atom is 0.125 e. The van der Waals surface area contributed by atoms with Crippen LogP contribution in [-0.4, -0.2) is 27.7 Å². The van der Waals surface area contributed by atoms with Gasteiger partial charge in [0.25, 0.3) is 0 Å². The molecule has 0 saturated heterocycles. The molecule has 0 aliphatic carbocycles. The summed E-state index contributed by atoms with van der Waals surface area (Å²) in [6.45, 7) is 4.87. The first-order valence-corrected chi connectivity index (χ1v) is 4.85. The van der Waals surface area contributed by atoms with Crippen molar-refractivity contribution in [2.45, 2.75) is 32.9 Å². The number of nitrogens with one attached hydrogen (secondary N) is 1. The van der Waals surface area contributed by atoms with E-state index >= 15 is 0 Å². The third-order valence-corrected chi connectivity index (χ3v) is 2.03. The van der Waals surface area contributed by atoms with Crippen LogP contribution in [0.2, 0.25) is 0 Å². The molecule has 1 aromatic rings.